The van der Waals surface area contributed by atoms with Crippen molar-refractivity contribution in [1.82, 2.24) is 0 Å². The molecule has 1 saturated heterocycles. The van der Waals surface area contributed by atoms with Gasteiger partial charge in [0.15, 0.2) is 5.78 Å². The zero-order valence-electron chi connectivity index (χ0n) is 9.71. The van der Waals surface area contributed by atoms with Crippen LogP contribution in [0.5, 0.6) is 0 Å². The molecule has 2 rings (SSSR count). The van der Waals surface area contributed by atoms with Gasteiger partial charge in [-0.25, -0.2) is 8.42 Å². The largest absolute Gasteiger partial charge is 0.305 e. The second-order valence-corrected chi connectivity index (χ2v) is 5.86. The molecule has 7 heteroatoms. The Balaban J connectivity index is 2.18. The Bertz CT molecular complexity index is 592. The second-order valence-electron chi connectivity index (χ2n) is 4.12. The third-order valence-electron chi connectivity index (χ3n) is 2.47. The lowest BCUT2D eigenvalue weighted by Crippen LogP contribution is -2.24. The van der Waals surface area contributed by atoms with Crippen molar-refractivity contribution in [3.05, 3.63) is 24.3 Å². The van der Waals surface area contributed by atoms with Gasteiger partial charge in [-0.15, -0.1) is 0 Å². The molecule has 18 heavy (non-hydrogen) atoms. The van der Waals surface area contributed by atoms with E-state index in [4.69, 9.17) is 0 Å². The van der Waals surface area contributed by atoms with Crippen molar-refractivity contribution in [1.29, 1.82) is 0 Å². The maximum absolute atomic E-state index is 11.5. The third kappa shape index (κ3) is 2.86. The fourth-order valence-electron chi connectivity index (χ4n) is 1.74. The highest BCUT2D eigenvalue weighted by atomic mass is 32.2. The van der Waals surface area contributed by atoms with Crippen LogP contribution in [0.4, 0.5) is 11.4 Å². The van der Waals surface area contributed by atoms with Crippen molar-refractivity contribution < 1.29 is 18.0 Å². The monoisotopic (exact) mass is 268 g/mol. The van der Waals surface area contributed by atoms with E-state index < -0.39 is 10.0 Å². The number of hydrogen-bond donors (Lipinski definition) is 1. The quantitative estimate of drug-likeness (QED) is 0.802. The summed E-state index contributed by atoms with van der Waals surface area (Å²) in [4.78, 5) is 24.0. The summed E-state index contributed by atoms with van der Waals surface area (Å²) in [5, 5.41) is 0. The number of hydrogen-bond acceptors (Lipinski definition) is 4. The maximum atomic E-state index is 11.5. The van der Waals surface area contributed by atoms with Gasteiger partial charge < -0.3 is 4.90 Å². The minimum atomic E-state index is -3.31. The number of rotatable bonds is 3. The van der Waals surface area contributed by atoms with E-state index in [0.29, 0.717) is 11.4 Å². The van der Waals surface area contributed by atoms with Gasteiger partial charge in [0.1, 0.15) is 0 Å². The van der Waals surface area contributed by atoms with Crippen LogP contribution in [0, 0.1) is 0 Å². The highest BCUT2D eigenvalue weighted by Crippen LogP contribution is 2.22. The first-order chi connectivity index (χ1) is 8.35. The zero-order chi connectivity index (χ0) is 13.3. The number of ketones is 1. The van der Waals surface area contributed by atoms with Gasteiger partial charge >= 0.3 is 0 Å². The van der Waals surface area contributed by atoms with Gasteiger partial charge in [0.2, 0.25) is 15.9 Å². The van der Waals surface area contributed by atoms with E-state index in [1.54, 1.807) is 24.3 Å². The van der Waals surface area contributed by atoms with Crippen LogP contribution in [0.25, 0.3) is 0 Å². The topological polar surface area (TPSA) is 83.6 Å². The van der Waals surface area contributed by atoms with E-state index in [2.05, 4.69) is 4.72 Å². The zero-order valence-corrected chi connectivity index (χ0v) is 10.5. The van der Waals surface area contributed by atoms with Crippen LogP contribution in [0.2, 0.25) is 0 Å². The summed E-state index contributed by atoms with van der Waals surface area (Å²) in [6.07, 6.45) is 0.993. The molecule has 0 aromatic heterocycles. The number of nitrogens with one attached hydrogen (secondary N) is 1. The van der Waals surface area contributed by atoms with Crippen molar-refractivity contribution in [3.8, 4) is 0 Å². The van der Waals surface area contributed by atoms with Crippen molar-refractivity contribution in [2.45, 2.75) is 6.42 Å². The molecule has 96 valence electrons. The van der Waals surface area contributed by atoms with Crippen LogP contribution in [0.1, 0.15) is 6.42 Å². The smallest absolute Gasteiger partial charge is 0.234 e. The predicted octanol–water partition coefficient (Wildman–Crippen LogP) is 0.364. The van der Waals surface area contributed by atoms with Crippen LogP contribution in [-0.4, -0.2) is 32.9 Å². The molecule has 1 heterocycles. The number of anilines is 2. The molecule has 0 bridgehead atoms. The minimum Gasteiger partial charge on any atom is -0.305 e. The van der Waals surface area contributed by atoms with Crippen LogP contribution >= 0.6 is 0 Å². The first kappa shape index (κ1) is 12.6. The molecule has 1 fully saturated rings. The summed E-state index contributed by atoms with van der Waals surface area (Å²) in [6.45, 7) is 0.0810. The van der Waals surface area contributed by atoms with Gasteiger partial charge in [0.05, 0.1) is 19.2 Å². The second kappa shape index (κ2) is 4.41. The molecule has 0 aliphatic carbocycles. The van der Waals surface area contributed by atoms with Crippen molar-refractivity contribution in [2.75, 3.05) is 22.4 Å². The van der Waals surface area contributed by atoms with Crippen LogP contribution in [-0.2, 0) is 19.6 Å². The number of benzene rings is 1. The Labute approximate surface area is 105 Å². The molecule has 1 amide bonds. The molecule has 1 aliphatic heterocycles. The predicted molar refractivity (Wildman–Crippen MR) is 66.9 cm³/mol. The lowest BCUT2D eigenvalue weighted by Gasteiger charge is -2.15. The molecular weight excluding hydrogens is 256 g/mol. The Hall–Kier alpha value is -1.89. The summed E-state index contributed by atoms with van der Waals surface area (Å²) in [5.74, 6) is -0.345. The Morgan fingerprint density at radius 3 is 2.22 bits per heavy atom. The highest BCUT2D eigenvalue weighted by Gasteiger charge is 2.28. The van der Waals surface area contributed by atoms with Gasteiger partial charge in [-0.05, 0) is 24.3 Å². The highest BCUT2D eigenvalue weighted by molar-refractivity contribution is 7.92. The first-order valence-electron chi connectivity index (χ1n) is 5.25. The fourth-order valence-corrected chi connectivity index (χ4v) is 2.31. The number of nitrogens with zero attached hydrogens (tertiary/aromatic N) is 1. The number of carbonyl (C=O) groups is 2. The molecular formula is C11H12N2O4S. The molecule has 0 unspecified atom stereocenters. The summed E-state index contributed by atoms with van der Waals surface area (Å²) in [7, 11) is -3.31. The molecule has 1 aromatic rings. The van der Waals surface area contributed by atoms with E-state index in [1.165, 1.54) is 4.90 Å². The first-order valence-corrected chi connectivity index (χ1v) is 7.14. The normalized spacial score (nSPS) is 16.2. The maximum Gasteiger partial charge on any atom is 0.234 e. The molecule has 0 spiro atoms. The Morgan fingerprint density at radius 1 is 1.17 bits per heavy atom. The average Bonchev–Trinajstić information content (AvgIpc) is 2.57. The van der Waals surface area contributed by atoms with Gasteiger partial charge in [-0.3, -0.25) is 14.3 Å². The van der Waals surface area contributed by atoms with Crippen LogP contribution < -0.4 is 9.62 Å². The van der Waals surface area contributed by atoms with Crippen molar-refractivity contribution >= 4 is 33.1 Å². The summed E-state index contributed by atoms with van der Waals surface area (Å²) in [6, 6.07) is 6.30. The average molecular weight is 268 g/mol. The lowest BCUT2D eigenvalue weighted by molar-refractivity contribution is -0.121. The van der Waals surface area contributed by atoms with E-state index in [-0.39, 0.29) is 24.7 Å². The molecule has 0 radical (unpaired) electrons. The Kier molecular flexibility index (Phi) is 3.08. The number of Topliss-reactive ketones (excluding diaryl/α,β-unsaturated/α-hetero) is 1. The van der Waals surface area contributed by atoms with Gasteiger partial charge in [0, 0.05) is 11.4 Å². The van der Waals surface area contributed by atoms with Gasteiger partial charge in [0.25, 0.3) is 0 Å². The van der Waals surface area contributed by atoms with Crippen LogP contribution in [0.3, 0.4) is 0 Å². The minimum absolute atomic E-state index is 0.0661. The number of amides is 1. The molecule has 0 atom stereocenters. The van der Waals surface area contributed by atoms with Crippen LogP contribution in [0.15, 0.2) is 24.3 Å². The summed E-state index contributed by atoms with van der Waals surface area (Å²) >= 11 is 0. The number of carbonyl (C=O) groups excluding carboxylic acids is 2. The summed E-state index contributed by atoms with van der Waals surface area (Å²) in [5.41, 5.74) is 1.00. The number of sulfonamides is 1. The van der Waals surface area contributed by atoms with E-state index in [9.17, 15) is 18.0 Å². The SMILES string of the molecule is CS(=O)(=O)Nc1ccc(N2CC(=O)CC2=O)cc1. The van der Waals surface area contributed by atoms with E-state index in [0.717, 1.165) is 6.26 Å². The van der Waals surface area contributed by atoms with Crippen molar-refractivity contribution in [3.63, 3.8) is 0 Å². The van der Waals surface area contributed by atoms with Gasteiger partial charge in [-0.2, -0.15) is 0 Å². The molecule has 1 N–H and O–H groups in total. The lowest BCUT2D eigenvalue weighted by atomic mass is 10.2. The molecule has 0 saturated carbocycles. The molecule has 1 aliphatic rings. The van der Waals surface area contributed by atoms with Crippen molar-refractivity contribution in [2.24, 2.45) is 0 Å². The molecule has 1 aromatic carbocycles. The third-order valence-corrected chi connectivity index (χ3v) is 3.07. The van der Waals surface area contributed by atoms with E-state index in [1.807, 2.05) is 0 Å². The fraction of sp³-hybridized carbons (Fsp3) is 0.273. The summed E-state index contributed by atoms with van der Waals surface area (Å²) < 4.78 is 24.4. The van der Waals surface area contributed by atoms with Gasteiger partial charge in [-0.1, -0.05) is 0 Å². The van der Waals surface area contributed by atoms with E-state index >= 15 is 0 Å². The standard InChI is InChI=1S/C11H12N2O4S/c1-18(16,17)12-8-2-4-9(5-3-8)13-7-10(14)6-11(13)15/h2-5,12H,6-7H2,1H3. The Morgan fingerprint density at radius 2 is 1.78 bits per heavy atom. The molecule has 6 nitrogen and oxygen atoms in total.